The third-order valence-electron chi connectivity index (χ3n) is 14.7. The van der Waals surface area contributed by atoms with Gasteiger partial charge >= 0.3 is 266 Å². The Balaban J connectivity index is 1.13. The Bertz CT molecular complexity index is 888. The molecule has 10 heteroatoms. The molecule has 6 saturated heterocycles. The number of hydrogen-bond acceptors (Lipinski definition) is 8. The second kappa shape index (κ2) is 10.9. The van der Waals surface area contributed by atoms with Crippen molar-refractivity contribution in [3.63, 3.8) is 0 Å². The maximum atomic E-state index is 8.28. The van der Waals surface area contributed by atoms with Crippen LogP contribution < -0.4 is 31.9 Å². The van der Waals surface area contributed by atoms with Gasteiger partial charge in [0.2, 0.25) is 0 Å². The molecule has 4 saturated carbocycles. The third kappa shape index (κ3) is 4.16. The molecule has 0 radical (unpaired) electrons. The minimum absolute atomic E-state index is 0.422. The summed E-state index contributed by atoms with van der Waals surface area (Å²) in [7, 11) is 8.28. The normalized spacial score (nSPS) is 57.2. The molecule has 4 aliphatic carbocycles. The van der Waals surface area contributed by atoms with Gasteiger partial charge in [0.1, 0.15) is 0 Å². The van der Waals surface area contributed by atoms with Crippen molar-refractivity contribution >= 4 is 29.4 Å². The van der Waals surface area contributed by atoms with Crippen LogP contribution in [-0.2, 0) is 0 Å². The summed E-state index contributed by atoms with van der Waals surface area (Å²) in [6, 6.07) is 0. The van der Waals surface area contributed by atoms with Gasteiger partial charge in [-0.15, -0.1) is 0 Å². The van der Waals surface area contributed by atoms with E-state index in [0.29, 0.717) is 49.3 Å². The van der Waals surface area contributed by atoms with Crippen molar-refractivity contribution in [1.29, 1.82) is 0 Å². The Morgan fingerprint density at radius 2 is 0.595 bits per heavy atom. The van der Waals surface area contributed by atoms with E-state index in [1.165, 1.54) is 103 Å². The van der Waals surface area contributed by atoms with Crippen LogP contribution in [0.4, 0.5) is 0 Å². The van der Waals surface area contributed by atoms with Crippen LogP contribution in [0.3, 0.4) is 0 Å². The predicted molar refractivity (Wildman–Crippen MR) is 166 cm³/mol. The summed E-state index contributed by atoms with van der Waals surface area (Å²) in [5.74, 6) is 5.87. The summed E-state index contributed by atoms with van der Waals surface area (Å²) >= 11 is -3.01. The van der Waals surface area contributed by atoms with E-state index >= 15 is 0 Å². The van der Waals surface area contributed by atoms with Crippen molar-refractivity contribution in [3.05, 3.63) is 0 Å². The molecule has 6 heterocycles. The average molecular weight is 701 g/mol. The summed E-state index contributed by atoms with van der Waals surface area (Å²) in [6.45, 7) is 0. The van der Waals surface area contributed by atoms with Gasteiger partial charge in [-0.25, -0.2) is 0 Å². The number of nitrogens with one attached hydrogen (secondary N) is 6. The van der Waals surface area contributed by atoms with Crippen LogP contribution in [0.2, 0.25) is 0 Å². The van der Waals surface area contributed by atoms with Crippen LogP contribution in [0.15, 0.2) is 0 Å². The molecule has 10 aliphatic rings. The zero-order chi connectivity index (χ0) is 27.5. The molecule has 6 aliphatic heterocycles. The van der Waals surface area contributed by atoms with E-state index in [2.05, 4.69) is 37.7 Å². The van der Waals surface area contributed by atoms with Crippen molar-refractivity contribution in [1.82, 2.24) is 37.7 Å². The average Bonchev–Trinajstić information content (AvgIpc) is 3.74. The molecule has 16 unspecified atom stereocenters. The van der Waals surface area contributed by atoms with E-state index in [9.17, 15) is 0 Å². The molecule has 10 rings (SSSR count). The van der Waals surface area contributed by atoms with Crippen molar-refractivity contribution in [2.45, 2.75) is 152 Å². The Morgan fingerprint density at radius 1 is 0.357 bits per heavy atom. The maximum absolute atomic E-state index is 8.28. The topological polar surface area (TPSA) is 78.7 Å². The van der Waals surface area contributed by atoms with E-state index in [4.69, 9.17) is 8.58 Å². The van der Waals surface area contributed by atoms with Crippen LogP contribution in [0.5, 0.6) is 0 Å². The molecule has 0 aromatic rings. The van der Waals surface area contributed by atoms with Gasteiger partial charge < -0.3 is 0 Å². The zero-order valence-corrected chi connectivity index (χ0v) is 29.5. The first-order valence-corrected chi connectivity index (χ1v) is 25.6. The molecule has 8 nitrogen and oxygen atoms in total. The van der Waals surface area contributed by atoms with E-state index in [0.717, 1.165) is 47.3 Å². The van der Waals surface area contributed by atoms with Gasteiger partial charge in [0.15, 0.2) is 0 Å². The van der Waals surface area contributed by atoms with Crippen LogP contribution in [0.25, 0.3) is 0 Å². The summed E-state index contributed by atoms with van der Waals surface area (Å²) < 4.78 is 6.03. The van der Waals surface area contributed by atoms with Gasteiger partial charge in [-0.3, -0.25) is 0 Å². The zero-order valence-electron chi connectivity index (χ0n) is 25.4. The van der Waals surface area contributed by atoms with Crippen molar-refractivity contribution in [3.8, 4) is 0 Å². The van der Waals surface area contributed by atoms with Gasteiger partial charge in [0.05, 0.1) is 0 Å². The van der Waals surface area contributed by atoms with E-state index < -0.39 is 20.8 Å². The molecule has 232 valence electrons. The van der Waals surface area contributed by atoms with Crippen molar-refractivity contribution < 1.29 is 0 Å². The number of halogens is 1. The molecule has 16 atom stereocenters. The van der Waals surface area contributed by atoms with Crippen LogP contribution in [0.1, 0.15) is 103 Å². The fourth-order valence-corrected chi connectivity index (χ4v) is 23.7. The van der Waals surface area contributed by atoms with Gasteiger partial charge in [0, 0.05) is 0 Å². The molecule has 6 N–H and O–H groups in total. The molecule has 0 aromatic carbocycles. The summed E-state index contributed by atoms with van der Waals surface area (Å²) in [6.07, 6.45) is 25.6. The molecule has 0 spiro atoms. The molecular weight excluding hydrogens is 647 g/mol. The van der Waals surface area contributed by atoms with E-state index in [-0.39, 0.29) is 0 Å². The SMILES string of the molecule is [Cl][In]1[N]2C3NC4NC(NC5C6CCCCC6C(NC6NC(NC2C2CCCCC23)C2CCCCC62)[N]51)C1CCCCC41. The Morgan fingerprint density at radius 3 is 0.857 bits per heavy atom. The van der Waals surface area contributed by atoms with Crippen LogP contribution in [-0.4, -0.2) is 75.9 Å². The predicted octanol–water partition coefficient (Wildman–Crippen LogP) is 3.27. The number of rotatable bonds is 0. The molecule has 0 aromatic heterocycles. The molecular formula is C32H54ClInN8. The quantitative estimate of drug-likeness (QED) is 0.230. The number of hydrogen-bond donors (Lipinski definition) is 6. The minimum atomic E-state index is -3.01. The van der Waals surface area contributed by atoms with E-state index in [1.54, 1.807) is 0 Å². The first-order valence-electron chi connectivity index (χ1n) is 18.5. The van der Waals surface area contributed by atoms with Gasteiger partial charge in [-0.1, -0.05) is 0 Å². The first kappa shape index (κ1) is 27.9. The Labute approximate surface area is 265 Å². The van der Waals surface area contributed by atoms with Crippen molar-refractivity contribution in [2.24, 2.45) is 47.3 Å². The van der Waals surface area contributed by atoms with E-state index in [1.807, 2.05) is 0 Å². The monoisotopic (exact) mass is 700 g/mol. The van der Waals surface area contributed by atoms with Crippen LogP contribution >= 0.6 is 8.58 Å². The number of fused-ring (bicyclic) bond motifs is 16. The van der Waals surface area contributed by atoms with Gasteiger partial charge in [-0.2, -0.15) is 0 Å². The summed E-state index contributed by atoms with van der Waals surface area (Å²) in [5, 5.41) is 26.2. The Hall–Kier alpha value is 0.840. The Kier molecular flexibility index (Phi) is 7.27. The number of nitrogens with zero attached hydrogens (tertiary/aromatic N) is 2. The molecule has 42 heavy (non-hydrogen) atoms. The fraction of sp³-hybridized carbons (Fsp3) is 1.00. The standard InChI is InChI=1S/C32H54N8.ClH.In/c1-2-10-18-17(9-1)25-33-26(18)38-28-21-13-5-6-14-22(21)30(35-28)40-32-24-16-8-7-15-23(24)31(36-32)39-29-20-12-4-3-11-19(20)27(34-29)37-25;;/h17-33,36-40H,1-16H2;1H;/q-2;;+3/p-1. The van der Waals surface area contributed by atoms with Gasteiger partial charge in [0.25, 0.3) is 0 Å². The fourth-order valence-electron chi connectivity index (χ4n) is 13.0. The molecule has 0 amide bonds. The molecule has 10 fully saturated rings. The molecule has 6 bridgehead atoms. The summed E-state index contributed by atoms with van der Waals surface area (Å²) in [5.41, 5.74) is 0. The summed E-state index contributed by atoms with van der Waals surface area (Å²) in [4.78, 5) is 0. The second-order valence-electron chi connectivity index (χ2n) is 16.3. The third-order valence-corrected chi connectivity index (χ3v) is 24.2. The first-order chi connectivity index (χ1) is 20.7. The second-order valence-corrected chi connectivity index (χ2v) is 24.1. The van der Waals surface area contributed by atoms with Crippen molar-refractivity contribution in [2.75, 3.05) is 0 Å². The van der Waals surface area contributed by atoms with Crippen LogP contribution in [0, 0.1) is 47.3 Å². The van der Waals surface area contributed by atoms with Gasteiger partial charge in [-0.05, 0) is 0 Å².